The van der Waals surface area contributed by atoms with Gasteiger partial charge in [0.2, 0.25) is 0 Å². The lowest BCUT2D eigenvalue weighted by atomic mass is 9.77. The predicted octanol–water partition coefficient (Wildman–Crippen LogP) is 4.37. The Morgan fingerprint density at radius 1 is 1.25 bits per heavy atom. The van der Waals surface area contributed by atoms with Gasteiger partial charge in [0, 0.05) is 17.4 Å². The zero-order chi connectivity index (χ0) is 17.1. The monoisotopic (exact) mass is 328 g/mol. The second-order valence-electron chi connectivity index (χ2n) is 7.37. The van der Waals surface area contributed by atoms with Crippen molar-refractivity contribution in [3.8, 4) is 5.75 Å². The second kappa shape index (κ2) is 7.29. The molecule has 1 aliphatic carbocycles. The van der Waals surface area contributed by atoms with E-state index in [1.54, 1.807) is 7.11 Å². The van der Waals surface area contributed by atoms with E-state index in [-0.39, 0.29) is 5.91 Å². The fourth-order valence-corrected chi connectivity index (χ4v) is 3.75. The summed E-state index contributed by atoms with van der Waals surface area (Å²) < 4.78 is 5.23. The fraction of sp³-hybridized carbons (Fsp3) is 0.550. The van der Waals surface area contributed by atoms with Gasteiger partial charge in [-0.3, -0.25) is 4.79 Å². The molecule has 24 heavy (non-hydrogen) atoms. The lowest BCUT2D eigenvalue weighted by Gasteiger charge is -2.30. The number of aromatic amines is 1. The van der Waals surface area contributed by atoms with Crippen molar-refractivity contribution in [1.29, 1.82) is 0 Å². The average Bonchev–Trinajstić information content (AvgIpc) is 3.03. The van der Waals surface area contributed by atoms with E-state index >= 15 is 0 Å². The molecule has 2 aromatic rings. The minimum absolute atomic E-state index is 0.0175. The van der Waals surface area contributed by atoms with Crippen LogP contribution in [0.5, 0.6) is 5.75 Å². The normalized spacial score (nSPS) is 21.2. The number of ether oxygens (including phenoxy) is 1. The number of fused-ring (bicyclic) bond motifs is 1. The molecule has 0 unspecified atom stereocenters. The highest BCUT2D eigenvalue weighted by atomic mass is 16.5. The van der Waals surface area contributed by atoms with Crippen LogP contribution in [0.25, 0.3) is 10.9 Å². The van der Waals surface area contributed by atoms with E-state index in [0.717, 1.165) is 35.0 Å². The van der Waals surface area contributed by atoms with E-state index in [1.807, 2.05) is 24.3 Å². The van der Waals surface area contributed by atoms with Gasteiger partial charge < -0.3 is 15.0 Å². The number of hydrogen-bond acceptors (Lipinski definition) is 2. The van der Waals surface area contributed by atoms with E-state index in [0.29, 0.717) is 11.6 Å². The Balaban J connectivity index is 1.56. The number of amides is 1. The molecule has 1 saturated carbocycles. The van der Waals surface area contributed by atoms with Gasteiger partial charge in [0.1, 0.15) is 11.4 Å². The van der Waals surface area contributed by atoms with Gasteiger partial charge in [-0.15, -0.1) is 0 Å². The smallest absolute Gasteiger partial charge is 0.267 e. The topological polar surface area (TPSA) is 54.1 Å². The molecule has 4 heteroatoms. The largest absolute Gasteiger partial charge is 0.497 e. The minimum atomic E-state index is -0.0175. The quantitative estimate of drug-likeness (QED) is 0.856. The summed E-state index contributed by atoms with van der Waals surface area (Å²) in [6.45, 7) is 5.41. The van der Waals surface area contributed by atoms with Gasteiger partial charge in [-0.25, -0.2) is 0 Å². The van der Waals surface area contributed by atoms with Crippen molar-refractivity contribution in [2.75, 3.05) is 13.7 Å². The highest BCUT2D eigenvalue weighted by Crippen LogP contribution is 2.32. The van der Waals surface area contributed by atoms with E-state index in [2.05, 4.69) is 24.1 Å². The van der Waals surface area contributed by atoms with E-state index < -0.39 is 0 Å². The third-order valence-electron chi connectivity index (χ3n) is 5.46. The molecule has 1 amide bonds. The molecule has 0 spiro atoms. The van der Waals surface area contributed by atoms with Crippen molar-refractivity contribution in [1.82, 2.24) is 10.3 Å². The Morgan fingerprint density at radius 3 is 2.67 bits per heavy atom. The third kappa shape index (κ3) is 3.74. The first-order valence-corrected chi connectivity index (χ1v) is 9.01. The maximum Gasteiger partial charge on any atom is 0.267 e. The molecule has 0 aliphatic heterocycles. The van der Waals surface area contributed by atoms with Gasteiger partial charge in [0.15, 0.2) is 0 Å². The number of aromatic nitrogens is 1. The lowest BCUT2D eigenvalue weighted by molar-refractivity contribution is 0.0935. The SMILES string of the molecule is COc1ccc2[nH]c(C(=O)NCC3CCC(C(C)C)CC3)cc2c1. The molecule has 0 bridgehead atoms. The number of rotatable bonds is 5. The summed E-state index contributed by atoms with van der Waals surface area (Å²) in [4.78, 5) is 15.6. The summed E-state index contributed by atoms with van der Waals surface area (Å²) in [6, 6.07) is 7.67. The summed E-state index contributed by atoms with van der Waals surface area (Å²) in [5, 5.41) is 4.10. The van der Waals surface area contributed by atoms with Gasteiger partial charge in [0.25, 0.3) is 5.91 Å². The van der Waals surface area contributed by atoms with E-state index in [1.165, 1.54) is 25.7 Å². The van der Waals surface area contributed by atoms with Gasteiger partial charge in [-0.05, 0) is 67.7 Å². The van der Waals surface area contributed by atoms with E-state index in [4.69, 9.17) is 4.74 Å². The number of methoxy groups -OCH3 is 1. The average molecular weight is 328 g/mol. The Hall–Kier alpha value is -1.97. The molecule has 2 N–H and O–H groups in total. The van der Waals surface area contributed by atoms with Crippen molar-refractivity contribution in [3.05, 3.63) is 30.0 Å². The van der Waals surface area contributed by atoms with Crippen LogP contribution in [0.2, 0.25) is 0 Å². The molecule has 0 atom stereocenters. The second-order valence-corrected chi connectivity index (χ2v) is 7.37. The zero-order valence-electron chi connectivity index (χ0n) is 14.9. The highest BCUT2D eigenvalue weighted by Gasteiger charge is 2.23. The van der Waals surface area contributed by atoms with E-state index in [9.17, 15) is 4.79 Å². The van der Waals surface area contributed by atoms with Crippen molar-refractivity contribution in [2.45, 2.75) is 39.5 Å². The molecule has 0 saturated heterocycles. The highest BCUT2D eigenvalue weighted by molar-refractivity contribution is 5.98. The minimum Gasteiger partial charge on any atom is -0.497 e. The first kappa shape index (κ1) is 16.9. The molecule has 1 aromatic heterocycles. The van der Waals surface area contributed by atoms with Gasteiger partial charge in [0.05, 0.1) is 7.11 Å². The number of carbonyl (C=O) groups excluding carboxylic acids is 1. The first-order chi connectivity index (χ1) is 11.6. The van der Waals surface area contributed by atoms with Crippen LogP contribution in [-0.2, 0) is 0 Å². The summed E-state index contributed by atoms with van der Waals surface area (Å²) in [6.07, 6.45) is 5.05. The fourth-order valence-electron chi connectivity index (χ4n) is 3.75. The van der Waals surface area contributed by atoms with Crippen molar-refractivity contribution < 1.29 is 9.53 Å². The van der Waals surface area contributed by atoms with Crippen LogP contribution in [0.3, 0.4) is 0 Å². The number of benzene rings is 1. The summed E-state index contributed by atoms with van der Waals surface area (Å²) >= 11 is 0. The van der Waals surface area contributed by atoms with Gasteiger partial charge >= 0.3 is 0 Å². The van der Waals surface area contributed by atoms with Crippen LogP contribution in [-0.4, -0.2) is 24.5 Å². The summed E-state index contributed by atoms with van der Waals surface area (Å²) in [5.74, 6) is 3.05. The molecule has 1 heterocycles. The van der Waals surface area contributed by atoms with Crippen LogP contribution in [0.4, 0.5) is 0 Å². The van der Waals surface area contributed by atoms with Gasteiger partial charge in [-0.2, -0.15) is 0 Å². The molecule has 1 aliphatic rings. The van der Waals surface area contributed by atoms with Crippen molar-refractivity contribution >= 4 is 16.8 Å². The molecular weight excluding hydrogens is 300 g/mol. The number of carbonyl (C=O) groups is 1. The standard InChI is InChI=1S/C20H28N2O2/c1-13(2)15-6-4-14(5-7-15)12-21-20(23)19-11-16-10-17(24-3)8-9-18(16)22-19/h8-11,13-15,22H,4-7,12H2,1-3H3,(H,21,23). The Labute approximate surface area is 144 Å². The molecule has 1 fully saturated rings. The van der Waals surface area contributed by atoms with Gasteiger partial charge in [-0.1, -0.05) is 13.8 Å². The van der Waals surface area contributed by atoms with Crippen molar-refractivity contribution in [2.24, 2.45) is 17.8 Å². The molecule has 3 rings (SSSR count). The van der Waals surface area contributed by atoms with Crippen molar-refractivity contribution in [3.63, 3.8) is 0 Å². The number of H-pyrrole nitrogens is 1. The summed E-state index contributed by atoms with van der Waals surface area (Å²) in [5.41, 5.74) is 1.58. The zero-order valence-corrected chi connectivity index (χ0v) is 14.9. The Kier molecular flexibility index (Phi) is 5.12. The molecular formula is C20H28N2O2. The van der Waals surface area contributed by atoms with Crippen LogP contribution in [0, 0.1) is 17.8 Å². The lowest BCUT2D eigenvalue weighted by Crippen LogP contribution is -2.32. The predicted molar refractivity (Wildman–Crippen MR) is 97.5 cm³/mol. The number of hydrogen-bond donors (Lipinski definition) is 2. The molecule has 130 valence electrons. The Morgan fingerprint density at radius 2 is 2.00 bits per heavy atom. The van der Waals surface area contributed by atoms with Crippen LogP contribution >= 0.6 is 0 Å². The molecule has 4 nitrogen and oxygen atoms in total. The Bertz CT molecular complexity index is 697. The molecule has 1 aromatic carbocycles. The van der Waals surface area contributed by atoms with Crippen LogP contribution in [0.1, 0.15) is 50.0 Å². The number of nitrogens with one attached hydrogen (secondary N) is 2. The summed E-state index contributed by atoms with van der Waals surface area (Å²) in [7, 11) is 1.65. The maximum atomic E-state index is 12.4. The van der Waals surface area contributed by atoms with Crippen LogP contribution < -0.4 is 10.1 Å². The maximum absolute atomic E-state index is 12.4. The third-order valence-corrected chi connectivity index (χ3v) is 5.46. The first-order valence-electron chi connectivity index (χ1n) is 9.01. The molecule has 0 radical (unpaired) electrons. The van der Waals surface area contributed by atoms with Crippen LogP contribution in [0.15, 0.2) is 24.3 Å².